The number of carbonyl (C=O) groups is 1. The maximum absolute atomic E-state index is 11.7. The first kappa shape index (κ1) is 13.9. The third-order valence-corrected chi connectivity index (χ3v) is 2.70. The average molecular weight is 269 g/mol. The van der Waals surface area contributed by atoms with Crippen LogP contribution in [0.2, 0.25) is 0 Å². The van der Waals surface area contributed by atoms with Crippen LogP contribution in [0.3, 0.4) is 0 Å². The minimum Gasteiger partial charge on any atom is -0.352 e. The third-order valence-electron chi connectivity index (χ3n) is 2.70. The Labute approximate surface area is 111 Å². The fourth-order valence-electron chi connectivity index (χ4n) is 1.80. The molecule has 0 aromatic carbocycles. The monoisotopic (exact) mass is 269 g/mol. The van der Waals surface area contributed by atoms with Crippen LogP contribution in [0.15, 0.2) is 6.20 Å². The van der Waals surface area contributed by atoms with Crippen molar-refractivity contribution < 1.29 is 14.3 Å². The van der Waals surface area contributed by atoms with E-state index >= 15 is 0 Å². The quantitative estimate of drug-likeness (QED) is 0.711. The SMILES string of the molecule is CC1(C)OCC(CNC(=O)Cn2cc(CN)nn2)O1. The molecule has 1 aliphatic rings. The van der Waals surface area contributed by atoms with Gasteiger partial charge in [0.2, 0.25) is 5.91 Å². The van der Waals surface area contributed by atoms with Crippen LogP contribution >= 0.6 is 0 Å². The number of ether oxygens (including phenoxy) is 2. The highest BCUT2D eigenvalue weighted by Gasteiger charge is 2.32. The highest BCUT2D eigenvalue weighted by atomic mass is 16.7. The number of hydrogen-bond donors (Lipinski definition) is 2. The van der Waals surface area contributed by atoms with E-state index in [2.05, 4.69) is 15.6 Å². The molecule has 1 atom stereocenters. The van der Waals surface area contributed by atoms with E-state index in [4.69, 9.17) is 15.2 Å². The van der Waals surface area contributed by atoms with Crippen LogP contribution in [-0.4, -0.2) is 45.9 Å². The van der Waals surface area contributed by atoms with Crippen molar-refractivity contribution in [2.24, 2.45) is 5.73 Å². The van der Waals surface area contributed by atoms with Crippen molar-refractivity contribution in [1.29, 1.82) is 0 Å². The lowest BCUT2D eigenvalue weighted by Crippen LogP contribution is -2.36. The van der Waals surface area contributed by atoms with Crippen LogP contribution < -0.4 is 11.1 Å². The minimum atomic E-state index is -0.572. The molecule has 0 aliphatic carbocycles. The van der Waals surface area contributed by atoms with Gasteiger partial charge < -0.3 is 20.5 Å². The summed E-state index contributed by atoms with van der Waals surface area (Å²) in [6.07, 6.45) is 1.53. The standard InChI is InChI=1S/C11H19N5O3/c1-11(2)18-7-9(19-11)4-13-10(17)6-16-5-8(3-12)14-15-16/h5,9H,3-4,6-7,12H2,1-2H3,(H,13,17). The number of rotatable bonds is 5. The van der Waals surface area contributed by atoms with E-state index < -0.39 is 5.79 Å². The maximum Gasteiger partial charge on any atom is 0.241 e. The lowest BCUT2D eigenvalue weighted by atomic mass is 10.3. The maximum atomic E-state index is 11.7. The van der Waals surface area contributed by atoms with Crippen LogP contribution in [0.4, 0.5) is 0 Å². The largest absolute Gasteiger partial charge is 0.352 e. The van der Waals surface area contributed by atoms with Gasteiger partial charge in [-0.25, -0.2) is 4.68 Å². The fraction of sp³-hybridized carbons (Fsp3) is 0.727. The van der Waals surface area contributed by atoms with Crippen LogP contribution in [-0.2, 0) is 27.4 Å². The van der Waals surface area contributed by atoms with Gasteiger partial charge in [-0.05, 0) is 13.8 Å². The van der Waals surface area contributed by atoms with Crippen molar-refractivity contribution in [3.8, 4) is 0 Å². The fourth-order valence-corrected chi connectivity index (χ4v) is 1.80. The van der Waals surface area contributed by atoms with Gasteiger partial charge in [0.05, 0.1) is 18.5 Å². The zero-order chi connectivity index (χ0) is 13.9. The molecule has 1 aromatic rings. The normalized spacial score (nSPS) is 21.5. The van der Waals surface area contributed by atoms with Gasteiger partial charge in [0.1, 0.15) is 12.6 Å². The Balaban J connectivity index is 1.73. The summed E-state index contributed by atoms with van der Waals surface area (Å²) in [5.41, 5.74) is 6.07. The summed E-state index contributed by atoms with van der Waals surface area (Å²) in [5, 5.41) is 10.4. The smallest absolute Gasteiger partial charge is 0.241 e. The predicted octanol–water partition coefficient (Wildman–Crippen LogP) is -0.995. The van der Waals surface area contributed by atoms with Gasteiger partial charge in [-0.3, -0.25) is 4.79 Å². The van der Waals surface area contributed by atoms with E-state index in [0.29, 0.717) is 25.4 Å². The Bertz CT molecular complexity index is 445. The van der Waals surface area contributed by atoms with Crippen molar-refractivity contribution in [1.82, 2.24) is 20.3 Å². The average Bonchev–Trinajstić information content (AvgIpc) is 2.93. The molecule has 3 N–H and O–H groups in total. The van der Waals surface area contributed by atoms with Crippen molar-refractivity contribution in [2.45, 2.75) is 38.8 Å². The molecular weight excluding hydrogens is 250 g/mol. The van der Waals surface area contributed by atoms with Crippen LogP contribution in [0.5, 0.6) is 0 Å². The summed E-state index contributed by atoms with van der Waals surface area (Å²) in [5.74, 6) is -0.723. The molecule has 1 aliphatic heterocycles. The summed E-state index contributed by atoms with van der Waals surface area (Å²) in [4.78, 5) is 11.7. The number of hydrogen-bond acceptors (Lipinski definition) is 6. The Hall–Kier alpha value is -1.51. The summed E-state index contributed by atoms with van der Waals surface area (Å²) in [6.45, 7) is 5.01. The second-order valence-electron chi connectivity index (χ2n) is 4.87. The predicted molar refractivity (Wildman–Crippen MR) is 65.8 cm³/mol. The first-order valence-electron chi connectivity index (χ1n) is 6.16. The molecule has 1 unspecified atom stereocenters. The number of amides is 1. The molecule has 0 saturated carbocycles. The van der Waals surface area contributed by atoms with E-state index in [1.54, 1.807) is 6.20 Å². The molecule has 2 heterocycles. The van der Waals surface area contributed by atoms with Gasteiger partial charge in [0.25, 0.3) is 0 Å². The van der Waals surface area contributed by atoms with E-state index in [9.17, 15) is 4.79 Å². The van der Waals surface area contributed by atoms with Crippen LogP contribution in [0.1, 0.15) is 19.5 Å². The molecule has 1 saturated heterocycles. The lowest BCUT2D eigenvalue weighted by molar-refractivity contribution is -0.139. The van der Waals surface area contributed by atoms with Gasteiger partial charge in [0, 0.05) is 13.1 Å². The van der Waals surface area contributed by atoms with E-state index in [1.165, 1.54) is 4.68 Å². The highest BCUT2D eigenvalue weighted by Crippen LogP contribution is 2.21. The molecule has 1 aromatic heterocycles. The second kappa shape index (κ2) is 5.64. The molecule has 106 valence electrons. The lowest BCUT2D eigenvalue weighted by Gasteiger charge is -2.17. The molecule has 0 spiro atoms. The van der Waals surface area contributed by atoms with Crippen molar-refractivity contribution in [2.75, 3.05) is 13.2 Å². The zero-order valence-electron chi connectivity index (χ0n) is 11.1. The van der Waals surface area contributed by atoms with E-state index in [0.717, 1.165) is 0 Å². The number of nitrogens with two attached hydrogens (primary N) is 1. The topological polar surface area (TPSA) is 104 Å². The van der Waals surface area contributed by atoms with Crippen molar-refractivity contribution in [3.05, 3.63) is 11.9 Å². The minimum absolute atomic E-state index is 0.115. The Morgan fingerprint density at radius 1 is 1.68 bits per heavy atom. The van der Waals surface area contributed by atoms with Crippen LogP contribution in [0.25, 0.3) is 0 Å². The number of nitrogens with zero attached hydrogens (tertiary/aromatic N) is 3. The molecular formula is C11H19N5O3. The van der Waals surface area contributed by atoms with Crippen LogP contribution in [0, 0.1) is 0 Å². The molecule has 19 heavy (non-hydrogen) atoms. The summed E-state index contributed by atoms with van der Waals surface area (Å²) < 4.78 is 12.4. The van der Waals surface area contributed by atoms with Gasteiger partial charge >= 0.3 is 0 Å². The Kier molecular flexibility index (Phi) is 4.13. The van der Waals surface area contributed by atoms with Gasteiger partial charge in [-0.15, -0.1) is 5.10 Å². The first-order chi connectivity index (χ1) is 8.98. The van der Waals surface area contributed by atoms with Crippen molar-refractivity contribution >= 4 is 5.91 Å². The molecule has 1 fully saturated rings. The zero-order valence-corrected chi connectivity index (χ0v) is 11.1. The second-order valence-corrected chi connectivity index (χ2v) is 4.87. The van der Waals surface area contributed by atoms with Gasteiger partial charge in [0.15, 0.2) is 5.79 Å². The third kappa shape index (κ3) is 3.98. The number of nitrogens with one attached hydrogen (secondary N) is 1. The number of aromatic nitrogens is 3. The first-order valence-corrected chi connectivity index (χ1v) is 6.16. The van der Waals surface area contributed by atoms with Gasteiger partial charge in [-0.1, -0.05) is 5.21 Å². The summed E-state index contributed by atoms with van der Waals surface area (Å²) in [6, 6.07) is 0. The molecule has 1 amide bonds. The molecule has 0 radical (unpaired) electrons. The molecule has 0 bridgehead atoms. The van der Waals surface area contributed by atoms with Crippen molar-refractivity contribution in [3.63, 3.8) is 0 Å². The summed E-state index contributed by atoms with van der Waals surface area (Å²) in [7, 11) is 0. The number of carbonyl (C=O) groups excluding carboxylic acids is 1. The molecule has 2 rings (SSSR count). The Morgan fingerprint density at radius 3 is 3.05 bits per heavy atom. The van der Waals surface area contributed by atoms with E-state index in [-0.39, 0.29) is 18.6 Å². The summed E-state index contributed by atoms with van der Waals surface area (Å²) >= 11 is 0. The molecule has 8 nitrogen and oxygen atoms in total. The highest BCUT2D eigenvalue weighted by molar-refractivity contribution is 5.75. The van der Waals surface area contributed by atoms with Gasteiger partial charge in [-0.2, -0.15) is 0 Å². The van der Waals surface area contributed by atoms with E-state index in [1.807, 2.05) is 13.8 Å². The Morgan fingerprint density at radius 2 is 2.47 bits per heavy atom. The molecule has 8 heteroatoms.